The molecular formula is C18H34N2S. The summed E-state index contributed by atoms with van der Waals surface area (Å²) >= 11 is 1.94. The number of thiophene rings is 1. The van der Waals surface area contributed by atoms with Crippen molar-refractivity contribution in [2.45, 2.75) is 65.8 Å². The largest absolute Gasteiger partial charge is 0.329 e. The number of hydrogen-bond donors (Lipinski definition) is 1. The topological polar surface area (TPSA) is 29.3 Å². The van der Waals surface area contributed by atoms with Crippen molar-refractivity contribution in [3.8, 4) is 0 Å². The van der Waals surface area contributed by atoms with Crippen LogP contribution < -0.4 is 5.73 Å². The van der Waals surface area contributed by atoms with E-state index in [1.54, 1.807) is 0 Å². The van der Waals surface area contributed by atoms with E-state index in [9.17, 15) is 0 Å². The van der Waals surface area contributed by atoms with Gasteiger partial charge in [0.2, 0.25) is 0 Å². The van der Waals surface area contributed by atoms with Gasteiger partial charge in [-0.1, -0.05) is 54.4 Å². The minimum Gasteiger partial charge on any atom is -0.329 e. The molecule has 122 valence electrons. The van der Waals surface area contributed by atoms with Gasteiger partial charge in [0.1, 0.15) is 0 Å². The van der Waals surface area contributed by atoms with E-state index in [2.05, 4.69) is 58.6 Å². The van der Waals surface area contributed by atoms with Gasteiger partial charge in [0, 0.05) is 22.8 Å². The summed E-state index contributed by atoms with van der Waals surface area (Å²) in [6.07, 6.45) is 2.50. The molecular weight excluding hydrogens is 276 g/mol. The van der Waals surface area contributed by atoms with Crippen LogP contribution in [0.15, 0.2) is 12.1 Å². The van der Waals surface area contributed by atoms with E-state index in [-0.39, 0.29) is 5.41 Å². The molecule has 0 saturated heterocycles. The van der Waals surface area contributed by atoms with Crippen molar-refractivity contribution in [2.24, 2.45) is 11.7 Å². The van der Waals surface area contributed by atoms with E-state index in [1.165, 1.54) is 22.6 Å². The summed E-state index contributed by atoms with van der Waals surface area (Å²) in [6, 6.07) is 4.95. The third-order valence-corrected chi connectivity index (χ3v) is 6.02. The average Bonchev–Trinajstić information content (AvgIpc) is 2.93. The number of likely N-dealkylation sites (N-methyl/N-ethyl adjacent to an activating group) is 1. The fourth-order valence-corrected chi connectivity index (χ4v) is 3.95. The molecule has 0 aliphatic heterocycles. The smallest absolute Gasteiger partial charge is 0.0564 e. The quantitative estimate of drug-likeness (QED) is 0.747. The van der Waals surface area contributed by atoms with Crippen LogP contribution >= 0.6 is 11.3 Å². The van der Waals surface area contributed by atoms with Gasteiger partial charge in [-0.05, 0) is 30.0 Å². The Morgan fingerprint density at radius 1 is 1.14 bits per heavy atom. The second kappa shape index (κ2) is 8.30. The summed E-state index contributed by atoms with van der Waals surface area (Å²) in [7, 11) is 0. The van der Waals surface area contributed by atoms with Crippen molar-refractivity contribution in [2.75, 3.05) is 19.6 Å². The molecule has 0 amide bonds. The molecule has 0 spiro atoms. The van der Waals surface area contributed by atoms with Gasteiger partial charge >= 0.3 is 0 Å². The second-order valence-corrected chi connectivity index (χ2v) is 8.09. The first-order valence-electron chi connectivity index (χ1n) is 8.41. The zero-order chi connectivity index (χ0) is 16.0. The molecule has 0 aliphatic carbocycles. The van der Waals surface area contributed by atoms with Crippen LogP contribution in [0.1, 0.15) is 70.2 Å². The van der Waals surface area contributed by atoms with E-state index in [0.29, 0.717) is 12.6 Å². The van der Waals surface area contributed by atoms with Crippen molar-refractivity contribution in [1.29, 1.82) is 0 Å². The van der Waals surface area contributed by atoms with E-state index in [4.69, 9.17) is 5.73 Å². The molecule has 2 nitrogen and oxygen atoms in total. The lowest BCUT2D eigenvalue weighted by Crippen LogP contribution is -2.36. The standard InChI is InChI=1S/C18H34N2S/c1-7-14(8-2)13-20(9-3)15(12-19)16-10-11-17(21-16)18(4,5)6/h10-11,14-15H,7-9,12-13,19H2,1-6H3. The van der Waals surface area contributed by atoms with Gasteiger partial charge in [-0.15, -0.1) is 11.3 Å². The predicted molar refractivity (Wildman–Crippen MR) is 96.1 cm³/mol. The molecule has 2 N–H and O–H groups in total. The third kappa shape index (κ3) is 5.08. The van der Waals surface area contributed by atoms with Gasteiger partial charge < -0.3 is 5.73 Å². The number of nitrogens with zero attached hydrogens (tertiary/aromatic N) is 1. The lowest BCUT2D eigenvalue weighted by molar-refractivity contribution is 0.176. The van der Waals surface area contributed by atoms with Crippen LogP contribution in [0.3, 0.4) is 0 Å². The molecule has 3 heteroatoms. The van der Waals surface area contributed by atoms with Crippen LogP contribution in [0, 0.1) is 5.92 Å². The second-order valence-electron chi connectivity index (χ2n) is 6.97. The molecule has 1 aromatic rings. The number of nitrogens with two attached hydrogens (primary N) is 1. The van der Waals surface area contributed by atoms with Crippen LogP contribution in [0.5, 0.6) is 0 Å². The zero-order valence-electron chi connectivity index (χ0n) is 14.8. The Bertz CT molecular complexity index is 402. The molecule has 0 radical (unpaired) electrons. The van der Waals surface area contributed by atoms with Gasteiger partial charge in [-0.2, -0.15) is 0 Å². The van der Waals surface area contributed by atoms with E-state index in [1.807, 2.05) is 11.3 Å². The molecule has 1 unspecified atom stereocenters. The van der Waals surface area contributed by atoms with Gasteiger partial charge in [0.15, 0.2) is 0 Å². The summed E-state index contributed by atoms with van der Waals surface area (Å²) in [5.41, 5.74) is 6.35. The van der Waals surface area contributed by atoms with Crippen LogP contribution in [-0.4, -0.2) is 24.5 Å². The minimum atomic E-state index is 0.231. The molecule has 1 rings (SSSR count). The minimum absolute atomic E-state index is 0.231. The first-order valence-corrected chi connectivity index (χ1v) is 9.23. The lowest BCUT2D eigenvalue weighted by Gasteiger charge is -2.32. The third-order valence-electron chi connectivity index (χ3n) is 4.41. The van der Waals surface area contributed by atoms with Gasteiger partial charge in [-0.25, -0.2) is 0 Å². The Kier molecular flexibility index (Phi) is 7.38. The van der Waals surface area contributed by atoms with Crippen LogP contribution in [0.25, 0.3) is 0 Å². The van der Waals surface area contributed by atoms with E-state index in [0.717, 1.165) is 19.0 Å². The highest BCUT2D eigenvalue weighted by molar-refractivity contribution is 7.12. The van der Waals surface area contributed by atoms with Crippen molar-refractivity contribution < 1.29 is 0 Å². The van der Waals surface area contributed by atoms with Crippen molar-refractivity contribution in [1.82, 2.24) is 4.90 Å². The SMILES string of the molecule is CCC(CC)CN(CC)C(CN)c1ccc(C(C)(C)C)s1. The van der Waals surface area contributed by atoms with Crippen LogP contribution in [0.4, 0.5) is 0 Å². The average molecular weight is 311 g/mol. The molecule has 0 aromatic carbocycles. The van der Waals surface area contributed by atoms with Gasteiger partial charge in [-0.3, -0.25) is 4.90 Å². The summed E-state index contributed by atoms with van der Waals surface area (Å²) in [4.78, 5) is 5.44. The number of rotatable bonds is 8. The van der Waals surface area contributed by atoms with Crippen LogP contribution in [0.2, 0.25) is 0 Å². The van der Waals surface area contributed by atoms with Gasteiger partial charge in [0.25, 0.3) is 0 Å². The molecule has 1 atom stereocenters. The molecule has 0 fully saturated rings. The number of hydrogen-bond acceptors (Lipinski definition) is 3. The summed E-state index contributed by atoms with van der Waals surface area (Å²) in [5.74, 6) is 0.779. The Balaban J connectivity index is 2.91. The molecule has 1 aromatic heterocycles. The maximum atomic E-state index is 6.12. The molecule has 21 heavy (non-hydrogen) atoms. The monoisotopic (exact) mass is 310 g/mol. The summed E-state index contributed by atoms with van der Waals surface area (Å²) < 4.78 is 0. The highest BCUT2D eigenvalue weighted by atomic mass is 32.1. The van der Waals surface area contributed by atoms with Crippen molar-refractivity contribution >= 4 is 11.3 Å². The lowest BCUT2D eigenvalue weighted by atomic mass is 9.95. The Labute approximate surface area is 135 Å². The van der Waals surface area contributed by atoms with Gasteiger partial charge in [0.05, 0.1) is 6.04 Å². The Morgan fingerprint density at radius 2 is 1.76 bits per heavy atom. The molecule has 0 saturated carbocycles. The molecule has 0 bridgehead atoms. The maximum Gasteiger partial charge on any atom is 0.0564 e. The Morgan fingerprint density at radius 3 is 2.14 bits per heavy atom. The highest BCUT2D eigenvalue weighted by Crippen LogP contribution is 2.34. The molecule has 0 aliphatic rings. The normalized spacial score (nSPS) is 14.1. The van der Waals surface area contributed by atoms with Crippen LogP contribution in [-0.2, 0) is 5.41 Å². The highest BCUT2D eigenvalue weighted by Gasteiger charge is 2.24. The van der Waals surface area contributed by atoms with E-state index >= 15 is 0 Å². The van der Waals surface area contributed by atoms with Crippen molar-refractivity contribution in [3.63, 3.8) is 0 Å². The maximum absolute atomic E-state index is 6.12. The predicted octanol–water partition coefficient (Wildman–Crippen LogP) is 4.80. The fourth-order valence-electron chi connectivity index (χ4n) is 2.74. The first-order chi connectivity index (χ1) is 9.87. The summed E-state index contributed by atoms with van der Waals surface area (Å²) in [6.45, 7) is 16.6. The fraction of sp³-hybridized carbons (Fsp3) is 0.778. The van der Waals surface area contributed by atoms with Crippen molar-refractivity contribution in [3.05, 3.63) is 21.9 Å². The Hall–Kier alpha value is -0.380. The van der Waals surface area contributed by atoms with E-state index < -0.39 is 0 Å². The first kappa shape index (κ1) is 18.7. The molecule has 1 heterocycles. The summed E-state index contributed by atoms with van der Waals surface area (Å²) in [5, 5.41) is 0. The zero-order valence-corrected chi connectivity index (χ0v) is 15.6.